The molecule has 1 aromatic heterocycles. The summed E-state index contributed by atoms with van der Waals surface area (Å²) < 4.78 is 12.2. The number of nitro groups is 1. The van der Waals surface area contributed by atoms with Gasteiger partial charge in [0.25, 0.3) is 0 Å². The lowest BCUT2D eigenvalue weighted by atomic mass is 10.3. The lowest BCUT2D eigenvalue weighted by Crippen LogP contribution is -2.34. The first kappa shape index (κ1) is 12.8. The van der Waals surface area contributed by atoms with Crippen molar-refractivity contribution in [3.63, 3.8) is 0 Å². The number of hydrogen-bond donors (Lipinski definition) is 1. The smallest absolute Gasteiger partial charge is 0.333 e. The Kier molecular flexibility index (Phi) is 3.78. The molecule has 100 valence electrons. The highest BCUT2D eigenvalue weighted by Crippen LogP contribution is 2.27. The molecule has 1 aliphatic rings. The molecule has 1 unspecified atom stereocenters. The molecule has 8 nitrogen and oxygen atoms in total. The molecule has 0 bridgehead atoms. The lowest BCUT2D eigenvalue weighted by molar-refractivity contribution is -0.384. The first-order valence-corrected chi connectivity index (χ1v) is 5.70. The lowest BCUT2D eigenvalue weighted by Gasteiger charge is -2.23. The average Bonchev–Trinajstić information content (AvgIpc) is 2.62. The van der Waals surface area contributed by atoms with Crippen LogP contribution < -0.4 is 5.32 Å². The number of anilines is 1. The summed E-state index contributed by atoms with van der Waals surface area (Å²) in [6.45, 7) is 3.72. The number of ether oxygens (including phenoxy) is 2. The molecule has 8 heteroatoms. The van der Waals surface area contributed by atoms with Crippen LogP contribution in [0.5, 0.6) is 0 Å². The molecule has 1 aromatic rings. The van der Waals surface area contributed by atoms with Crippen molar-refractivity contribution in [1.82, 2.24) is 9.78 Å². The first-order valence-electron chi connectivity index (χ1n) is 5.70. The van der Waals surface area contributed by atoms with Crippen molar-refractivity contribution in [3.8, 4) is 0 Å². The summed E-state index contributed by atoms with van der Waals surface area (Å²) in [7, 11) is 1.67. The summed E-state index contributed by atoms with van der Waals surface area (Å²) in [6.07, 6.45) is -0.0893. The second-order valence-corrected chi connectivity index (χ2v) is 4.11. The van der Waals surface area contributed by atoms with E-state index in [4.69, 9.17) is 9.47 Å². The molecule has 1 atom stereocenters. The largest absolute Gasteiger partial charge is 0.376 e. The van der Waals surface area contributed by atoms with Crippen molar-refractivity contribution in [2.24, 2.45) is 7.05 Å². The van der Waals surface area contributed by atoms with Gasteiger partial charge in [-0.3, -0.25) is 10.1 Å². The molecule has 1 aliphatic heterocycles. The normalized spacial score (nSPS) is 19.8. The van der Waals surface area contributed by atoms with Gasteiger partial charge in [-0.15, -0.1) is 0 Å². The number of aromatic nitrogens is 2. The monoisotopic (exact) mass is 256 g/mol. The molecule has 18 heavy (non-hydrogen) atoms. The standard InChI is InChI=1S/C10H16N4O4/c1-7-9(14(15)16)10(13(2)12-7)11-5-8-6-17-3-4-18-8/h8,11H,3-6H2,1-2H3. The van der Waals surface area contributed by atoms with E-state index < -0.39 is 4.92 Å². The minimum absolute atomic E-state index is 0.00854. The van der Waals surface area contributed by atoms with Crippen molar-refractivity contribution in [2.75, 3.05) is 31.7 Å². The number of hydrogen-bond acceptors (Lipinski definition) is 6. The van der Waals surface area contributed by atoms with Gasteiger partial charge in [-0.2, -0.15) is 5.10 Å². The molecule has 2 rings (SSSR count). The Balaban J connectivity index is 2.06. The Morgan fingerprint density at radius 2 is 2.39 bits per heavy atom. The number of nitrogens with zero attached hydrogens (tertiary/aromatic N) is 3. The van der Waals surface area contributed by atoms with Crippen LogP contribution >= 0.6 is 0 Å². The summed E-state index contributed by atoms with van der Waals surface area (Å²) in [4.78, 5) is 10.5. The van der Waals surface area contributed by atoms with Gasteiger partial charge in [-0.1, -0.05) is 0 Å². The van der Waals surface area contributed by atoms with E-state index in [9.17, 15) is 10.1 Å². The molecular weight excluding hydrogens is 240 g/mol. The SMILES string of the molecule is Cc1nn(C)c(NCC2COCCO2)c1[N+](=O)[O-]. The Morgan fingerprint density at radius 1 is 1.61 bits per heavy atom. The summed E-state index contributed by atoms with van der Waals surface area (Å²) >= 11 is 0. The molecule has 0 spiro atoms. The quantitative estimate of drug-likeness (QED) is 0.621. The molecule has 2 heterocycles. The maximum Gasteiger partial charge on any atom is 0.333 e. The van der Waals surface area contributed by atoms with E-state index in [-0.39, 0.29) is 11.8 Å². The van der Waals surface area contributed by atoms with Gasteiger partial charge in [0, 0.05) is 13.6 Å². The van der Waals surface area contributed by atoms with Gasteiger partial charge in [0.15, 0.2) is 0 Å². The van der Waals surface area contributed by atoms with E-state index in [2.05, 4.69) is 10.4 Å². The van der Waals surface area contributed by atoms with Crippen LogP contribution in [0.15, 0.2) is 0 Å². The molecule has 1 N–H and O–H groups in total. The minimum atomic E-state index is -0.428. The Bertz CT molecular complexity index is 439. The van der Waals surface area contributed by atoms with Gasteiger partial charge in [0.1, 0.15) is 5.69 Å². The van der Waals surface area contributed by atoms with Gasteiger partial charge in [0.2, 0.25) is 5.82 Å². The van der Waals surface area contributed by atoms with Gasteiger partial charge < -0.3 is 14.8 Å². The van der Waals surface area contributed by atoms with E-state index in [1.54, 1.807) is 14.0 Å². The third-order valence-corrected chi connectivity index (χ3v) is 2.76. The summed E-state index contributed by atoms with van der Waals surface area (Å²) in [5.74, 6) is 0.395. The third kappa shape index (κ3) is 2.59. The van der Waals surface area contributed by atoms with Gasteiger partial charge in [0.05, 0.1) is 30.8 Å². The number of rotatable bonds is 4. The predicted octanol–water partition coefficient (Wildman–Crippen LogP) is 0.464. The molecule has 1 saturated heterocycles. The maximum atomic E-state index is 11.0. The van der Waals surface area contributed by atoms with Crippen LogP contribution in [0, 0.1) is 17.0 Å². The van der Waals surface area contributed by atoms with Crippen LogP contribution in [0.2, 0.25) is 0 Å². The highest BCUT2D eigenvalue weighted by atomic mass is 16.6. The van der Waals surface area contributed by atoms with E-state index in [0.29, 0.717) is 37.9 Å². The Hall–Kier alpha value is -1.67. The summed E-state index contributed by atoms with van der Waals surface area (Å²) in [5, 5.41) is 18.0. The maximum absolute atomic E-state index is 11.0. The molecule has 1 fully saturated rings. The van der Waals surface area contributed by atoms with Crippen molar-refractivity contribution in [1.29, 1.82) is 0 Å². The fourth-order valence-electron chi connectivity index (χ4n) is 1.93. The fraction of sp³-hybridized carbons (Fsp3) is 0.700. The topological polar surface area (TPSA) is 91.5 Å². The van der Waals surface area contributed by atoms with Crippen LogP contribution in [-0.2, 0) is 16.5 Å². The first-order chi connectivity index (χ1) is 8.59. The zero-order chi connectivity index (χ0) is 13.1. The zero-order valence-corrected chi connectivity index (χ0v) is 10.4. The number of aryl methyl sites for hydroxylation is 2. The highest BCUT2D eigenvalue weighted by molar-refractivity contribution is 5.59. The van der Waals surface area contributed by atoms with Crippen LogP contribution in [-0.4, -0.2) is 47.2 Å². The van der Waals surface area contributed by atoms with Crippen molar-refractivity contribution >= 4 is 11.5 Å². The fourth-order valence-corrected chi connectivity index (χ4v) is 1.93. The zero-order valence-electron chi connectivity index (χ0n) is 10.4. The van der Waals surface area contributed by atoms with Crippen LogP contribution in [0.1, 0.15) is 5.69 Å². The van der Waals surface area contributed by atoms with E-state index in [0.717, 1.165) is 0 Å². The predicted molar refractivity (Wildman–Crippen MR) is 63.6 cm³/mol. The van der Waals surface area contributed by atoms with Gasteiger partial charge in [-0.25, -0.2) is 4.68 Å². The summed E-state index contributed by atoms with van der Waals surface area (Å²) in [6, 6.07) is 0. The average molecular weight is 256 g/mol. The second kappa shape index (κ2) is 5.32. The van der Waals surface area contributed by atoms with Crippen molar-refractivity contribution in [2.45, 2.75) is 13.0 Å². The Labute approximate surface area is 104 Å². The van der Waals surface area contributed by atoms with Crippen molar-refractivity contribution in [3.05, 3.63) is 15.8 Å². The number of nitrogens with one attached hydrogen (secondary N) is 1. The van der Waals surface area contributed by atoms with E-state index >= 15 is 0 Å². The molecule has 0 aliphatic carbocycles. The molecule has 0 radical (unpaired) electrons. The molecule has 0 aromatic carbocycles. The second-order valence-electron chi connectivity index (χ2n) is 4.11. The molecule has 0 amide bonds. The van der Waals surface area contributed by atoms with Gasteiger partial charge in [-0.05, 0) is 6.92 Å². The molecular formula is C10H16N4O4. The van der Waals surface area contributed by atoms with E-state index in [1.165, 1.54) is 4.68 Å². The van der Waals surface area contributed by atoms with Gasteiger partial charge >= 0.3 is 5.69 Å². The third-order valence-electron chi connectivity index (χ3n) is 2.76. The van der Waals surface area contributed by atoms with E-state index in [1.807, 2.05) is 0 Å². The minimum Gasteiger partial charge on any atom is -0.376 e. The van der Waals surface area contributed by atoms with Crippen LogP contribution in [0.4, 0.5) is 11.5 Å². The highest BCUT2D eigenvalue weighted by Gasteiger charge is 2.25. The van der Waals surface area contributed by atoms with Crippen LogP contribution in [0.3, 0.4) is 0 Å². The Morgan fingerprint density at radius 3 is 3.00 bits per heavy atom. The van der Waals surface area contributed by atoms with Crippen LogP contribution in [0.25, 0.3) is 0 Å². The van der Waals surface area contributed by atoms with Crippen molar-refractivity contribution < 1.29 is 14.4 Å². The molecule has 0 saturated carbocycles. The summed E-state index contributed by atoms with van der Waals surface area (Å²) in [5.41, 5.74) is 0.403.